The van der Waals surface area contributed by atoms with Gasteiger partial charge in [-0.15, -0.1) is 0 Å². The number of hydrogen-bond acceptors (Lipinski definition) is 2. The van der Waals surface area contributed by atoms with Gasteiger partial charge in [0.25, 0.3) is 0 Å². The van der Waals surface area contributed by atoms with E-state index in [-0.39, 0.29) is 5.56 Å². The third kappa shape index (κ3) is 1.97. The zero-order valence-electron chi connectivity index (χ0n) is 5.88. The summed E-state index contributed by atoms with van der Waals surface area (Å²) in [5, 5.41) is 9.04. The summed E-state index contributed by atoms with van der Waals surface area (Å²) in [5.74, 6) is -0.483. The van der Waals surface area contributed by atoms with Crippen molar-refractivity contribution in [2.45, 2.75) is 13.0 Å². The topological polar surface area (TPSA) is 33.1 Å². The van der Waals surface area contributed by atoms with E-state index >= 15 is 0 Å². The van der Waals surface area contributed by atoms with Crippen LogP contribution in [0.25, 0.3) is 0 Å². The molecule has 0 saturated carbocycles. The van der Waals surface area contributed by atoms with Gasteiger partial charge < -0.3 is 5.11 Å². The van der Waals surface area contributed by atoms with E-state index in [2.05, 4.69) is 20.9 Å². The van der Waals surface area contributed by atoms with Crippen molar-refractivity contribution < 1.29 is 9.50 Å². The quantitative estimate of drug-likeness (QED) is 0.734. The van der Waals surface area contributed by atoms with Crippen LogP contribution >= 0.6 is 15.9 Å². The molecule has 0 fully saturated rings. The first-order chi connectivity index (χ1) is 5.11. The van der Waals surface area contributed by atoms with Crippen LogP contribution in [-0.4, -0.2) is 10.1 Å². The van der Waals surface area contributed by atoms with Gasteiger partial charge in [0.2, 0.25) is 0 Å². The third-order valence-electron chi connectivity index (χ3n) is 1.30. The standard InChI is InChI=1S/C7H7BrFNO/c1-4(11)5-2-7(8)10-3-6(5)9/h2-4,11H,1H3/t4-/m1/s1. The Kier molecular flexibility index (Phi) is 2.57. The van der Waals surface area contributed by atoms with Crippen molar-refractivity contribution in [3.05, 3.63) is 28.2 Å². The van der Waals surface area contributed by atoms with Gasteiger partial charge in [-0.05, 0) is 28.9 Å². The third-order valence-corrected chi connectivity index (χ3v) is 1.74. The van der Waals surface area contributed by atoms with Crippen LogP contribution < -0.4 is 0 Å². The van der Waals surface area contributed by atoms with E-state index in [9.17, 15) is 4.39 Å². The lowest BCUT2D eigenvalue weighted by Crippen LogP contribution is -1.96. The number of aliphatic hydroxyl groups excluding tert-OH is 1. The molecule has 0 amide bonds. The summed E-state index contributed by atoms with van der Waals surface area (Å²) < 4.78 is 13.3. The Balaban J connectivity index is 3.13. The van der Waals surface area contributed by atoms with Crippen LogP contribution in [-0.2, 0) is 0 Å². The average Bonchev–Trinajstić information content (AvgIpc) is 1.94. The normalized spacial score (nSPS) is 13.1. The largest absolute Gasteiger partial charge is 0.389 e. The molecule has 0 aliphatic carbocycles. The summed E-state index contributed by atoms with van der Waals surface area (Å²) in [4.78, 5) is 3.65. The Bertz CT molecular complexity index is 265. The highest BCUT2D eigenvalue weighted by atomic mass is 79.9. The Morgan fingerprint density at radius 2 is 2.36 bits per heavy atom. The van der Waals surface area contributed by atoms with E-state index in [0.29, 0.717) is 4.60 Å². The summed E-state index contributed by atoms with van der Waals surface area (Å²) in [7, 11) is 0. The van der Waals surface area contributed by atoms with Crippen LogP contribution in [0.5, 0.6) is 0 Å². The van der Waals surface area contributed by atoms with Crippen molar-refractivity contribution >= 4 is 15.9 Å². The number of aliphatic hydroxyl groups is 1. The Hall–Kier alpha value is -0.480. The Morgan fingerprint density at radius 3 is 2.82 bits per heavy atom. The number of hydrogen-bond donors (Lipinski definition) is 1. The number of halogens is 2. The zero-order chi connectivity index (χ0) is 8.43. The fourth-order valence-corrected chi connectivity index (χ4v) is 1.10. The van der Waals surface area contributed by atoms with Crippen molar-refractivity contribution in [3.63, 3.8) is 0 Å². The number of pyridine rings is 1. The molecule has 0 spiro atoms. The van der Waals surface area contributed by atoms with Crippen molar-refractivity contribution in [1.82, 2.24) is 4.98 Å². The lowest BCUT2D eigenvalue weighted by molar-refractivity contribution is 0.194. The van der Waals surface area contributed by atoms with Crippen molar-refractivity contribution in [2.75, 3.05) is 0 Å². The molecule has 0 unspecified atom stereocenters. The Morgan fingerprint density at radius 1 is 1.73 bits per heavy atom. The molecule has 1 aromatic rings. The van der Waals surface area contributed by atoms with Gasteiger partial charge >= 0.3 is 0 Å². The maximum absolute atomic E-state index is 12.8. The first kappa shape index (κ1) is 8.62. The molecular weight excluding hydrogens is 213 g/mol. The van der Waals surface area contributed by atoms with Gasteiger partial charge in [0.15, 0.2) is 0 Å². The fourth-order valence-electron chi connectivity index (χ4n) is 0.748. The lowest BCUT2D eigenvalue weighted by atomic mass is 10.2. The maximum atomic E-state index is 12.8. The van der Waals surface area contributed by atoms with Crippen molar-refractivity contribution in [1.29, 1.82) is 0 Å². The minimum absolute atomic E-state index is 0.256. The van der Waals surface area contributed by atoms with Gasteiger partial charge in [0.05, 0.1) is 12.3 Å². The summed E-state index contributed by atoms with van der Waals surface area (Å²) in [5.41, 5.74) is 0.256. The van der Waals surface area contributed by atoms with Crippen molar-refractivity contribution in [2.24, 2.45) is 0 Å². The Labute approximate surface area is 72.2 Å². The summed E-state index contributed by atoms with van der Waals surface area (Å²) in [6.07, 6.45) is 0.279. The predicted molar refractivity (Wildman–Crippen MR) is 42.5 cm³/mol. The zero-order valence-corrected chi connectivity index (χ0v) is 7.47. The molecule has 2 nitrogen and oxygen atoms in total. The average molecular weight is 220 g/mol. The van der Waals surface area contributed by atoms with Crippen molar-refractivity contribution in [3.8, 4) is 0 Å². The molecule has 1 rings (SSSR count). The predicted octanol–water partition coefficient (Wildman–Crippen LogP) is 2.04. The van der Waals surface area contributed by atoms with E-state index in [4.69, 9.17) is 5.11 Å². The first-order valence-corrected chi connectivity index (χ1v) is 3.89. The molecule has 60 valence electrons. The molecule has 1 heterocycles. The van der Waals surface area contributed by atoms with Gasteiger partial charge in [-0.25, -0.2) is 9.37 Å². The van der Waals surface area contributed by atoms with Gasteiger partial charge in [-0.2, -0.15) is 0 Å². The van der Waals surface area contributed by atoms with Crippen LogP contribution in [0.1, 0.15) is 18.6 Å². The highest BCUT2D eigenvalue weighted by molar-refractivity contribution is 9.10. The molecule has 1 N–H and O–H groups in total. The van der Waals surface area contributed by atoms with Crippen LogP contribution in [0, 0.1) is 5.82 Å². The number of nitrogens with zero attached hydrogens (tertiary/aromatic N) is 1. The minimum atomic E-state index is -0.797. The van der Waals surface area contributed by atoms with Crippen LogP contribution in [0.4, 0.5) is 4.39 Å². The minimum Gasteiger partial charge on any atom is -0.389 e. The molecule has 0 radical (unpaired) electrons. The summed E-state index contributed by atoms with van der Waals surface area (Å²) in [6, 6.07) is 1.46. The number of rotatable bonds is 1. The highest BCUT2D eigenvalue weighted by Gasteiger charge is 2.08. The molecule has 0 saturated heterocycles. The van der Waals surface area contributed by atoms with Crippen LogP contribution in [0.2, 0.25) is 0 Å². The highest BCUT2D eigenvalue weighted by Crippen LogP contribution is 2.18. The summed E-state index contributed by atoms with van der Waals surface area (Å²) in [6.45, 7) is 1.50. The molecule has 0 aliphatic rings. The van der Waals surface area contributed by atoms with Gasteiger partial charge in [-0.1, -0.05) is 0 Å². The SMILES string of the molecule is C[C@@H](O)c1cc(Br)ncc1F. The van der Waals surface area contributed by atoms with E-state index in [1.165, 1.54) is 13.0 Å². The summed E-state index contributed by atoms with van der Waals surface area (Å²) >= 11 is 3.08. The smallest absolute Gasteiger partial charge is 0.147 e. The number of aromatic nitrogens is 1. The molecule has 0 aromatic carbocycles. The molecule has 1 atom stereocenters. The van der Waals surface area contributed by atoms with E-state index in [1.54, 1.807) is 0 Å². The first-order valence-electron chi connectivity index (χ1n) is 3.10. The van der Waals surface area contributed by atoms with E-state index < -0.39 is 11.9 Å². The second-order valence-electron chi connectivity index (χ2n) is 2.20. The molecule has 4 heteroatoms. The van der Waals surface area contributed by atoms with Gasteiger partial charge in [-0.3, -0.25) is 0 Å². The van der Waals surface area contributed by atoms with E-state index in [0.717, 1.165) is 6.20 Å². The van der Waals surface area contributed by atoms with Crippen LogP contribution in [0.3, 0.4) is 0 Å². The lowest BCUT2D eigenvalue weighted by Gasteiger charge is -2.04. The molecule has 11 heavy (non-hydrogen) atoms. The molecule has 0 bridgehead atoms. The fraction of sp³-hybridized carbons (Fsp3) is 0.286. The van der Waals surface area contributed by atoms with E-state index in [1.807, 2.05) is 0 Å². The van der Waals surface area contributed by atoms with Gasteiger partial charge in [0.1, 0.15) is 10.4 Å². The molecule has 0 aliphatic heterocycles. The second-order valence-corrected chi connectivity index (χ2v) is 3.02. The maximum Gasteiger partial charge on any atom is 0.147 e. The molecule has 1 aromatic heterocycles. The van der Waals surface area contributed by atoms with Gasteiger partial charge in [0, 0.05) is 5.56 Å². The second kappa shape index (κ2) is 3.28. The van der Waals surface area contributed by atoms with Crippen LogP contribution in [0.15, 0.2) is 16.9 Å². The monoisotopic (exact) mass is 219 g/mol. The molecular formula is C7H7BrFNO.